The third-order valence-corrected chi connectivity index (χ3v) is 7.26. The molecule has 11 nitrogen and oxygen atoms in total. The molecule has 5 rings (SSSR count). The van der Waals surface area contributed by atoms with E-state index >= 15 is 0 Å². The van der Waals surface area contributed by atoms with E-state index in [0.29, 0.717) is 47.8 Å². The summed E-state index contributed by atoms with van der Waals surface area (Å²) in [6, 6.07) is 12.8. The number of ether oxygens (including phenoxy) is 1. The van der Waals surface area contributed by atoms with Crippen LogP contribution in [0.3, 0.4) is 0 Å². The van der Waals surface area contributed by atoms with Crippen LogP contribution in [-0.2, 0) is 17.9 Å². The Balaban J connectivity index is 1.14. The van der Waals surface area contributed by atoms with Crippen LogP contribution in [0.25, 0.3) is 5.57 Å². The number of hydrogen-bond acceptors (Lipinski definition) is 7. The molecule has 0 atom stereocenters. The molecule has 0 bridgehead atoms. The van der Waals surface area contributed by atoms with E-state index < -0.39 is 12.3 Å². The van der Waals surface area contributed by atoms with Crippen molar-refractivity contribution < 1.29 is 27.5 Å². The number of nitrogens with zero attached hydrogens (tertiary/aromatic N) is 4. The Morgan fingerprint density at radius 3 is 2.61 bits per heavy atom. The number of benzene rings is 2. The molecule has 2 aliphatic rings. The second-order valence-corrected chi connectivity index (χ2v) is 11.1. The summed E-state index contributed by atoms with van der Waals surface area (Å²) in [5.74, 6) is -0.522. The number of carbonyl (C=O) groups is 2. The first-order valence-corrected chi connectivity index (χ1v) is 14.7. The van der Waals surface area contributed by atoms with Gasteiger partial charge in [0, 0.05) is 48.5 Å². The molecular weight excluding hydrogens is 601 g/mol. The average molecular weight is 635 g/mol. The number of nitrogens with one attached hydrogen (secondary N) is 3. The smallest absolute Gasteiger partial charge is 0.406 e. The van der Waals surface area contributed by atoms with Gasteiger partial charge in [0.1, 0.15) is 5.75 Å². The summed E-state index contributed by atoms with van der Waals surface area (Å²) in [6.45, 7) is 1.93. The van der Waals surface area contributed by atoms with Crippen LogP contribution >= 0.6 is 0 Å². The molecule has 2 aromatic carbocycles. The van der Waals surface area contributed by atoms with Gasteiger partial charge >= 0.3 is 6.36 Å². The topological polar surface area (TPSA) is 160 Å². The van der Waals surface area contributed by atoms with Crippen LogP contribution in [-0.4, -0.2) is 44.7 Å². The third kappa shape index (κ3) is 8.67. The van der Waals surface area contributed by atoms with E-state index in [2.05, 4.69) is 30.7 Å². The molecule has 0 unspecified atom stereocenters. The number of rotatable bonds is 13. The fourth-order valence-electron chi connectivity index (χ4n) is 5.01. The second-order valence-electron chi connectivity index (χ2n) is 11.1. The Labute approximate surface area is 262 Å². The molecule has 2 heterocycles. The lowest BCUT2D eigenvalue weighted by Crippen LogP contribution is -2.23. The predicted octanol–water partition coefficient (Wildman–Crippen LogP) is 5.37. The number of aromatic nitrogens is 3. The van der Waals surface area contributed by atoms with Gasteiger partial charge in [0.15, 0.2) is 11.5 Å². The van der Waals surface area contributed by atoms with E-state index in [9.17, 15) is 22.8 Å². The molecule has 1 saturated carbocycles. The van der Waals surface area contributed by atoms with E-state index in [1.54, 1.807) is 10.7 Å². The van der Waals surface area contributed by atoms with Crippen LogP contribution in [0, 0.1) is 11.3 Å². The number of amides is 2. The SMILES string of the molecule is CC(=O)Nc1ccc(C2=C(C=C(N)CCCCn3cc(C(=O)NCc4cccc(OC(F)(F)F)c4)nn3)C(=N)N=C2C2CC2)cc1. The van der Waals surface area contributed by atoms with Crippen molar-refractivity contribution in [2.45, 2.75) is 58.5 Å². The average Bonchev–Trinajstić information content (AvgIpc) is 3.64. The Hall–Kier alpha value is -5.27. The number of aryl methyl sites for hydroxylation is 1. The van der Waals surface area contributed by atoms with Crippen LogP contribution in [0.2, 0.25) is 0 Å². The number of amidine groups is 1. The van der Waals surface area contributed by atoms with Gasteiger partial charge in [-0.15, -0.1) is 18.3 Å². The van der Waals surface area contributed by atoms with E-state index in [4.69, 9.17) is 11.1 Å². The van der Waals surface area contributed by atoms with Crippen molar-refractivity contribution >= 4 is 34.6 Å². The van der Waals surface area contributed by atoms with E-state index in [-0.39, 0.29) is 29.7 Å². The highest BCUT2D eigenvalue weighted by atomic mass is 19.4. The summed E-state index contributed by atoms with van der Waals surface area (Å²) in [5.41, 5.74) is 11.6. The Morgan fingerprint density at radius 2 is 1.91 bits per heavy atom. The highest BCUT2D eigenvalue weighted by molar-refractivity contribution is 6.39. The molecular formula is C32H33F3N8O3. The van der Waals surface area contributed by atoms with Crippen LogP contribution in [0.1, 0.15) is 60.6 Å². The highest BCUT2D eigenvalue weighted by Crippen LogP contribution is 2.41. The lowest BCUT2D eigenvalue weighted by molar-refractivity contribution is -0.274. The number of anilines is 1. The van der Waals surface area contributed by atoms with Gasteiger partial charge in [0.25, 0.3) is 5.91 Å². The zero-order valence-electron chi connectivity index (χ0n) is 25.0. The van der Waals surface area contributed by atoms with E-state index in [0.717, 1.165) is 36.1 Å². The molecule has 1 aliphatic carbocycles. The maximum absolute atomic E-state index is 12.5. The van der Waals surface area contributed by atoms with Gasteiger partial charge in [-0.3, -0.25) is 19.7 Å². The Bertz CT molecular complexity index is 1720. The minimum atomic E-state index is -4.80. The number of aliphatic imine (C=N–C) groups is 1. The number of halogens is 3. The van der Waals surface area contributed by atoms with Gasteiger partial charge in [-0.2, -0.15) is 0 Å². The normalized spacial score (nSPS) is 15.2. The lowest BCUT2D eigenvalue weighted by Gasteiger charge is -2.10. The molecule has 0 saturated heterocycles. The van der Waals surface area contributed by atoms with Crippen molar-refractivity contribution in [2.75, 3.05) is 5.32 Å². The molecule has 1 aromatic heterocycles. The lowest BCUT2D eigenvalue weighted by atomic mass is 9.94. The quantitative estimate of drug-likeness (QED) is 0.185. The number of unbranched alkanes of at least 4 members (excludes halogenated alkanes) is 1. The van der Waals surface area contributed by atoms with Crippen molar-refractivity contribution in [3.05, 3.63) is 88.9 Å². The molecule has 1 aliphatic heterocycles. The molecule has 0 spiro atoms. The predicted molar refractivity (Wildman–Crippen MR) is 166 cm³/mol. The molecule has 2 amide bonds. The molecule has 0 radical (unpaired) electrons. The molecule has 3 aromatic rings. The maximum Gasteiger partial charge on any atom is 0.573 e. The van der Waals surface area contributed by atoms with Crippen molar-refractivity contribution in [2.24, 2.45) is 16.6 Å². The largest absolute Gasteiger partial charge is 0.573 e. The first-order valence-electron chi connectivity index (χ1n) is 14.7. The molecule has 240 valence electrons. The van der Waals surface area contributed by atoms with Crippen LogP contribution in [0.5, 0.6) is 5.75 Å². The number of alkyl halides is 3. The van der Waals surface area contributed by atoms with Crippen molar-refractivity contribution in [3.8, 4) is 5.75 Å². The van der Waals surface area contributed by atoms with Crippen LogP contribution in [0.15, 0.2) is 77.1 Å². The first kappa shape index (κ1) is 32.1. The van der Waals surface area contributed by atoms with Crippen LogP contribution in [0.4, 0.5) is 18.9 Å². The number of allylic oxidation sites excluding steroid dienone is 2. The fraction of sp³-hybridized carbons (Fsp3) is 0.312. The zero-order chi connectivity index (χ0) is 32.8. The van der Waals surface area contributed by atoms with Crippen LogP contribution < -0.4 is 21.1 Å². The van der Waals surface area contributed by atoms with Gasteiger partial charge in [0.05, 0.1) is 11.9 Å². The second kappa shape index (κ2) is 13.8. The van der Waals surface area contributed by atoms with Gasteiger partial charge < -0.3 is 21.1 Å². The molecule has 46 heavy (non-hydrogen) atoms. The standard InChI is InChI=1S/C32H33F3N8O3/c1-19(44)39-24-12-10-21(11-13-24)28-26(30(37)40-29(28)22-8-9-22)16-23(36)6-2-3-14-43-18-27(41-42-43)31(45)38-17-20-5-4-7-25(15-20)46-32(33,34)35/h4-5,7,10-13,15-16,18,22,37H,2-3,6,8-9,14,17,36H2,1H3,(H,38,45)(H,39,44). The molecule has 1 fully saturated rings. The summed E-state index contributed by atoms with van der Waals surface area (Å²) in [6.07, 6.45) is 2.58. The van der Waals surface area contributed by atoms with Gasteiger partial charge in [-0.25, -0.2) is 4.99 Å². The summed E-state index contributed by atoms with van der Waals surface area (Å²) in [7, 11) is 0. The van der Waals surface area contributed by atoms with Gasteiger partial charge in [-0.05, 0) is 73.6 Å². The molecule has 5 N–H and O–H groups in total. The number of nitrogens with two attached hydrogens (primary N) is 1. The van der Waals surface area contributed by atoms with E-state index in [1.165, 1.54) is 31.3 Å². The van der Waals surface area contributed by atoms with Gasteiger partial charge in [-0.1, -0.05) is 29.5 Å². The monoisotopic (exact) mass is 634 g/mol. The summed E-state index contributed by atoms with van der Waals surface area (Å²) in [5, 5.41) is 21.8. The fourth-order valence-corrected chi connectivity index (χ4v) is 5.01. The minimum Gasteiger partial charge on any atom is -0.406 e. The molecule has 14 heteroatoms. The number of carbonyl (C=O) groups excluding carboxylic acids is 2. The van der Waals surface area contributed by atoms with Gasteiger partial charge in [0.2, 0.25) is 5.91 Å². The Kier molecular flexibility index (Phi) is 9.64. The first-order chi connectivity index (χ1) is 21.9. The summed E-state index contributed by atoms with van der Waals surface area (Å²) < 4.78 is 42.8. The van der Waals surface area contributed by atoms with Crippen molar-refractivity contribution in [3.63, 3.8) is 0 Å². The number of hydrogen-bond donors (Lipinski definition) is 4. The summed E-state index contributed by atoms with van der Waals surface area (Å²) in [4.78, 5) is 28.5. The minimum absolute atomic E-state index is 0.0163. The third-order valence-electron chi connectivity index (χ3n) is 7.26. The maximum atomic E-state index is 12.5. The van der Waals surface area contributed by atoms with E-state index in [1.807, 2.05) is 30.3 Å². The van der Waals surface area contributed by atoms with Crippen molar-refractivity contribution in [1.29, 1.82) is 5.41 Å². The highest BCUT2D eigenvalue weighted by Gasteiger charge is 2.36. The van der Waals surface area contributed by atoms with Crippen molar-refractivity contribution in [1.82, 2.24) is 20.3 Å². The summed E-state index contributed by atoms with van der Waals surface area (Å²) >= 11 is 0. The Morgan fingerprint density at radius 1 is 1.15 bits per heavy atom. The zero-order valence-corrected chi connectivity index (χ0v) is 25.0.